The van der Waals surface area contributed by atoms with Gasteiger partial charge in [0.25, 0.3) is 0 Å². The minimum Gasteiger partial charge on any atom is -0.394 e. The van der Waals surface area contributed by atoms with Crippen LogP contribution in [0.4, 0.5) is 0 Å². The molecule has 0 spiro atoms. The third kappa shape index (κ3) is 1.79. The SMILES string of the molecule is CC1(C)O[C@H]2[C@H](CS[C@@H]2C(O)CO)O1. The topological polar surface area (TPSA) is 58.9 Å². The fourth-order valence-corrected chi connectivity index (χ4v) is 3.40. The molecule has 1 unspecified atom stereocenters. The highest BCUT2D eigenvalue weighted by atomic mass is 32.2. The molecule has 0 aromatic rings. The number of aliphatic hydroxyl groups is 2. The van der Waals surface area contributed by atoms with E-state index in [2.05, 4.69) is 0 Å². The zero-order valence-corrected chi connectivity index (χ0v) is 9.16. The van der Waals surface area contributed by atoms with Gasteiger partial charge in [0.15, 0.2) is 5.79 Å². The van der Waals surface area contributed by atoms with E-state index in [1.165, 1.54) is 0 Å². The van der Waals surface area contributed by atoms with Gasteiger partial charge in [-0.3, -0.25) is 0 Å². The van der Waals surface area contributed by atoms with E-state index in [4.69, 9.17) is 14.6 Å². The van der Waals surface area contributed by atoms with E-state index < -0.39 is 11.9 Å². The van der Waals surface area contributed by atoms with E-state index in [9.17, 15) is 5.11 Å². The van der Waals surface area contributed by atoms with Gasteiger partial charge in [0.05, 0.1) is 24.1 Å². The monoisotopic (exact) mass is 220 g/mol. The highest BCUT2D eigenvalue weighted by molar-refractivity contribution is 8.00. The maximum absolute atomic E-state index is 9.57. The van der Waals surface area contributed by atoms with Crippen LogP contribution in [0.1, 0.15) is 13.8 Å². The lowest BCUT2D eigenvalue weighted by molar-refractivity contribution is -0.147. The van der Waals surface area contributed by atoms with Crippen LogP contribution in [0.2, 0.25) is 0 Å². The molecule has 2 fully saturated rings. The molecule has 2 saturated heterocycles. The standard InChI is InChI=1S/C9H16O4S/c1-9(2)12-6-4-14-8(5(11)3-10)7(6)13-9/h5-8,10-11H,3-4H2,1-2H3/t5?,6-,7-,8+/m0/s1. The van der Waals surface area contributed by atoms with Crippen LogP contribution in [-0.4, -0.2) is 51.9 Å². The molecule has 2 heterocycles. The van der Waals surface area contributed by atoms with Crippen molar-refractivity contribution in [3.8, 4) is 0 Å². The van der Waals surface area contributed by atoms with Gasteiger partial charge in [-0.1, -0.05) is 0 Å². The number of aliphatic hydroxyl groups excluding tert-OH is 2. The van der Waals surface area contributed by atoms with E-state index in [1.54, 1.807) is 11.8 Å². The van der Waals surface area contributed by atoms with E-state index in [1.807, 2.05) is 13.8 Å². The average Bonchev–Trinajstić information content (AvgIpc) is 2.58. The van der Waals surface area contributed by atoms with E-state index in [-0.39, 0.29) is 24.1 Å². The summed E-state index contributed by atoms with van der Waals surface area (Å²) in [5, 5.41) is 18.4. The molecule has 0 bridgehead atoms. The van der Waals surface area contributed by atoms with Gasteiger partial charge >= 0.3 is 0 Å². The molecule has 2 aliphatic rings. The Morgan fingerprint density at radius 1 is 1.50 bits per heavy atom. The molecule has 0 radical (unpaired) electrons. The smallest absolute Gasteiger partial charge is 0.163 e. The van der Waals surface area contributed by atoms with Crippen molar-refractivity contribution >= 4 is 11.8 Å². The first-order chi connectivity index (χ1) is 6.53. The number of fused-ring (bicyclic) bond motifs is 1. The van der Waals surface area contributed by atoms with Crippen molar-refractivity contribution in [1.82, 2.24) is 0 Å². The molecule has 82 valence electrons. The third-order valence-corrected chi connectivity index (χ3v) is 4.05. The van der Waals surface area contributed by atoms with Gasteiger partial charge in [-0.05, 0) is 13.8 Å². The van der Waals surface area contributed by atoms with E-state index >= 15 is 0 Å². The molecule has 0 aliphatic carbocycles. The van der Waals surface area contributed by atoms with Gasteiger partial charge in [0.1, 0.15) is 6.10 Å². The summed E-state index contributed by atoms with van der Waals surface area (Å²) in [5.74, 6) is 0.277. The average molecular weight is 220 g/mol. The highest BCUT2D eigenvalue weighted by Gasteiger charge is 2.51. The van der Waals surface area contributed by atoms with E-state index in [0.29, 0.717) is 0 Å². The largest absolute Gasteiger partial charge is 0.394 e. The lowest BCUT2D eigenvalue weighted by Gasteiger charge is -2.23. The van der Waals surface area contributed by atoms with Crippen molar-refractivity contribution in [2.24, 2.45) is 0 Å². The molecule has 2 rings (SSSR count). The molecule has 0 aromatic heterocycles. The number of rotatable bonds is 2. The predicted molar refractivity (Wildman–Crippen MR) is 53.2 cm³/mol. The maximum Gasteiger partial charge on any atom is 0.163 e. The Morgan fingerprint density at radius 3 is 2.86 bits per heavy atom. The molecule has 0 saturated carbocycles. The number of thioether (sulfide) groups is 1. The summed E-state index contributed by atoms with van der Waals surface area (Å²) in [4.78, 5) is 0. The summed E-state index contributed by atoms with van der Waals surface area (Å²) >= 11 is 1.61. The Bertz CT molecular complexity index is 221. The predicted octanol–water partition coefficient (Wildman–Crippen LogP) is -0.0249. The molecule has 5 heteroatoms. The van der Waals surface area contributed by atoms with Crippen LogP contribution in [0.25, 0.3) is 0 Å². The minimum atomic E-state index is -0.715. The first-order valence-corrected chi connectivity index (χ1v) is 5.84. The Morgan fingerprint density at radius 2 is 2.21 bits per heavy atom. The summed E-state index contributed by atoms with van der Waals surface area (Å²) in [6, 6.07) is 0. The lowest BCUT2D eigenvalue weighted by atomic mass is 10.1. The van der Waals surface area contributed by atoms with Gasteiger partial charge in [-0.15, -0.1) is 0 Å². The van der Waals surface area contributed by atoms with Crippen molar-refractivity contribution in [2.75, 3.05) is 12.4 Å². The second kappa shape index (κ2) is 3.64. The Balaban J connectivity index is 2.04. The molecule has 2 aliphatic heterocycles. The number of hydrogen-bond donors (Lipinski definition) is 2. The van der Waals surface area contributed by atoms with Crippen molar-refractivity contribution in [2.45, 2.75) is 43.2 Å². The zero-order chi connectivity index (χ0) is 10.3. The lowest BCUT2D eigenvalue weighted by Crippen LogP contribution is -2.38. The van der Waals surface area contributed by atoms with Crippen LogP contribution in [0.5, 0.6) is 0 Å². The van der Waals surface area contributed by atoms with Crippen LogP contribution in [0.15, 0.2) is 0 Å². The Labute approximate surface area is 87.6 Å². The van der Waals surface area contributed by atoms with Crippen molar-refractivity contribution in [1.29, 1.82) is 0 Å². The second-order valence-electron chi connectivity index (χ2n) is 4.19. The number of ether oxygens (including phenoxy) is 2. The first-order valence-electron chi connectivity index (χ1n) is 4.79. The van der Waals surface area contributed by atoms with Gasteiger partial charge < -0.3 is 19.7 Å². The quantitative estimate of drug-likeness (QED) is 0.684. The molecule has 4 nitrogen and oxygen atoms in total. The van der Waals surface area contributed by atoms with Crippen molar-refractivity contribution < 1.29 is 19.7 Å². The Hall–Kier alpha value is 0.190. The molecule has 0 amide bonds. The highest BCUT2D eigenvalue weighted by Crippen LogP contribution is 2.42. The van der Waals surface area contributed by atoms with Crippen LogP contribution < -0.4 is 0 Å². The third-order valence-electron chi connectivity index (χ3n) is 2.56. The fourth-order valence-electron chi connectivity index (χ4n) is 2.01. The molecule has 2 N–H and O–H groups in total. The van der Waals surface area contributed by atoms with Crippen molar-refractivity contribution in [3.63, 3.8) is 0 Å². The fraction of sp³-hybridized carbons (Fsp3) is 1.00. The van der Waals surface area contributed by atoms with Crippen molar-refractivity contribution in [3.05, 3.63) is 0 Å². The molecule has 4 atom stereocenters. The molecule has 14 heavy (non-hydrogen) atoms. The van der Waals surface area contributed by atoms with Crippen LogP contribution in [-0.2, 0) is 9.47 Å². The zero-order valence-electron chi connectivity index (χ0n) is 8.34. The normalized spacial score (nSPS) is 42.4. The first kappa shape index (κ1) is 10.7. The summed E-state index contributed by atoms with van der Waals surface area (Å²) in [5.41, 5.74) is 0. The molecule has 0 aromatic carbocycles. The molecular weight excluding hydrogens is 204 g/mol. The van der Waals surface area contributed by atoms with E-state index in [0.717, 1.165) is 5.75 Å². The maximum atomic E-state index is 9.57. The van der Waals surface area contributed by atoms with Crippen LogP contribution in [0, 0.1) is 0 Å². The number of hydrogen-bond acceptors (Lipinski definition) is 5. The van der Waals surface area contributed by atoms with Crippen LogP contribution >= 0.6 is 11.8 Å². The minimum absolute atomic E-state index is 0.0567. The van der Waals surface area contributed by atoms with Gasteiger partial charge in [-0.2, -0.15) is 11.8 Å². The summed E-state index contributed by atoms with van der Waals surface area (Å²) in [6.07, 6.45) is -0.745. The summed E-state index contributed by atoms with van der Waals surface area (Å²) in [7, 11) is 0. The summed E-state index contributed by atoms with van der Waals surface area (Å²) < 4.78 is 11.4. The Kier molecular flexibility index (Phi) is 2.79. The van der Waals surface area contributed by atoms with Gasteiger partial charge in [-0.25, -0.2) is 0 Å². The van der Waals surface area contributed by atoms with Gasteiger partial charge in [0.2, 0.25) is 0 Å². The summed E-state index contributed by atoms with van der Waals surface area (Å²) in [6.45, 7) is 3.53. The van der Waals surface area contributed by atoms with Crippen LogP contribution in [0.3, 0.4) is 0 Å². The molecular formula is C9H16O4S. The second-order valence-corrected chi connectivity index (χ2v) is 5.40. The van der Waals surface area contributed by atoms with Gasteiger partial charge in [0, 0.05) is 5.75 Å².